The first-order chi connectivity index (χ1) is 25.9. The quantitative estimate of drug-likeness (QED) is 0.165. The van der Waals surface area contributed by atoms with Gasteiger partial charge >= 0.3 is 0 Å². The van der Waals surface area contributed by atoms with Gasteiger partial charge < -0.3 is 15.0 Å². The molecule has 254 valence electrons. The molecule has 53 heavy (non-hydrogen) atoms. The van der Waals surface area contributed by atoms with Crippen molar-refractivity contribution in [2.75, 3.05) is 0 Å². The van der Waals surface area contributed by atoms with E-state index in [4.69, 9.17) is 56.4 Å². The minimum absolute atomic E-state index is 0.618. The lowest BCUT2D eigenvalue weighted by Gasteiger charge is -2.11. The number of aromatic nitrogens is 4. The van der Waals surface area contributed by atoms with Gasteiger partial charge in [0.25, 0.3) is 0 Å². The average Bonchev–Trinajstić information content (AvgIpc) is 3.99. The summed E-state index contributed by atoms with van der Waals surface area (Å²) in [5.41, 5.74) is 13.6. The number of H-pyrrole nitrogens is 3. The van der Waals surface area contributed by atoms with Gasteiger partial charge in [0.05, 0.1) is 33.7 Å². The van der Waals surface area contributed by atoms with E-state index in [9.17, 15) is 0 Å². The summed E-state index contributed by atoms with van der Waals surface area (Å²) in [6, 6.07) is 40.0. The molecule has 0 spiro atoms. The van der Waals surface area contributed by atoms with Crippen molar-refractivity contribution in [1.82, 2.24) is 19.9 Å². The Labute approximate surface area is 323 Å². The second-order valence-corrected chi connectivity index (χ2v) is 14.8. The van der Waals surface area contributed by atoms with Crippen molar-refractivity contribution in [1.29, 1.82) is 0 Å². The maximum Gasteiger partial charge on any atom is 0.0900 e. The Morgan fingerprint density at radius 2 is 1.02 bits per heavy atom. The van der Waals surface area contributed by atoms with E-state index in [1.54, 1.807) is 0 Å². The predicted octanol–water partition coefficient (Wildman–Crippen LogP) is 10.9. The predicted molar refractivity (Wildman–Crippen MR) is 220 cm³/mol. The maximum atomic E-state index is 6.55. The van der Waals surface area contributed by atoms with Gasteiger partial charge in [0, 0.05) is 69.8 Å². The van der Waals surface area contributed by atoms with Gasteiger partial charge in [-0.2, -0.15) is 0 Å². The van der Waals surface area contributed by atoms with Gasteiger partial charge in [0.15, 0.2) is 0 Å². The molecular formula is C44H25Cl4N5. The van der Waals surface area contributed by atoms with Gasteiger partial charge in [0.2, 0.25) is 0 Å². The summed E-state index contributed by atoms with van der Waals surface area (Å²) in [4.78, 5) is 21.8. The summed E-state index contributed by atoms with van der Waals surface area (Å²) < 4.78 is 0. The zero-order valence-corrected chi connectivity index (χ0v) is 30.6. The van der Waals surface area contributed by atoms with E-state index < -0.39 is 0 Å². The number of hydrogen-bond donors (Lipinski definition) is 3. The number of benzene rings is 4. The van der Waals surface area contributed by atoms with Crippen molar-refractivity contribution in [2.45, 2.75) is 0 Å². The molecule has 0 fully saturated rings. The lowest BCUT2D eigenvalue weighted by atomic mass is 10.0. The fraction of sp³-hybridized carbons (Fsp3) is 0. The molecule has 3 N–H and O–H groups in total. The Morgan fingerprint density at radius 1 is 0.434 bits per heavy atom. The van der Waals surface area contributed by atoms with E-state index in [-0.39, 0.29) is 0 Å². The zero-order chi connectivity index (χ0) is 35.8. The van der Waals surface area contributed by atoms with E-state index in [1.807, 2.05) is 91.0 Å². The fourth-order valence-corrected chi connectivity index (χ4v) is 7.96. The minimum atomic E-state index is 0.618. The molecule has 2 aliphatic rings. The smallest absolute Gasteiger partial charge is 0.0900 e. The molecule has 2 aliphatic heterocycles. The molecule has 0 amide bonds. The second kappa shape index (κ2) is 12.5. The highest BCUT2D eigenvalue weighted by Gasteiger charge is 2.23. The fourth-order valence-electron chi connectivity index (χ4n) is 7.41. The van der Waals surface area contributed by atoms with Crippen molar-refractivity contribution in [2.24, 2.45) is 4.99 Å². The Kier molecular flexibility index (Phi) is 7.60. The van der Waals surface area contributed by atoms with Gasteiger partial charge in [-0.25, -0.2) is 9.98 Å². The zero-order valence-electron chi connectivity index (χ0n) is 27.6. The standard InChI is InChI=1S/C44H25Cl4N5/c45-26-7-1-23(2-8-26)40-31-15-16-32(49-31)41(24-3-9-27(46)10-4-24)34-19-20-36(51-34)43-30-14-13-29(48)21-37(30)52-39-22-38(53-44(39)43)42(35-18-17-33(40)50-35)25-5-11-28(47)12-6-25/h1-22,49,51,53H. The van der Waals surface area contributed by atoms with Gasteiger partial charge in [0.1, 0.15) is 0 Å². The van der Waals surface area contributed by atoms with Crippen LogP contribution in [-0.2, 0) is 0 Å². The number of aromatic amines is 3. The van der Waals surface area contributed by atoms with Crippen LogP contribution < -0.4 is 10.7 Å². The third-order valence-electron chi connectivity index (χ3n) is 9.79. The molecule has 10 rings (SSSR count). The minimum Gasteiger partial charge on any atom is -0.354 e. The van der Waals surface area contributed by atoms with Crippen LogP contribution in [0.15, 0.2) is 144 Å². The van der Waals surface area contributed by atoms with E-state index >= 15 is 0 Å². The van der Waals surface area contributed by atoms with Crippen LogP contribution in [0.3, 0.4) is 0 Å². The monoisotopic (exact) mass is 763 g/mol. The summed E-state index contributed by atoms with van der Waals surface area (Å²) in [7, 11) is 0. The molecule has 5 nitrogen and oxygen atoms in total. The molecule has 8 bridgehead atoms. The molecule has 4 aromatic carbocycles. The van der Waals surface area contributed by atoms with E-state index in [2.05, 4.69) is 57.4 Å². The first kappa shape index (κ1) is 32.1. The van der Waals surface area contributed by atoms with Gasteiger partial charge in [-0.15, -0.1) is 0 Å². The molecule has 0 saturated carbocycles. The third kappa shape index (κ3) is 5.56. The largest absolute Gasteiger partial charge is 0.354 e. The Hall–Kier alpha value is -5.56. The maximum absolute atomic E-state index is 6.55. The number of hydrogen-bond acceptors (Lipinski definition) is 2. The third-order valence-corrected chi connectivity index (χ3v) is 10.8. The van der Waals surface area contributed by atoms with E-state index in [1.165, 1.54) is 0 Å². The van der Waals surface area contributed by atoms with E-state index in [0.29, 0.717) is 20.1 Å². The highest BCUT2D eigenvalue weighted by Crippen LogP contribution is 2.40. The van der Waals surface area contributed by atoms with Crippen LogP contribution in [0.4, 0.5) is 0 Å². The number of allylic oxidation sites excluding steroid dienone is 2. The van der Waals surface area contributed by atoms with Crippen molar-refractivity contribution >= 4 is 90.8 Å². The first-order valence-corrected chi connectivity index (χ1v) is 18.4. The normalized spacial score (nSPS) is 13.9. The SMILES string of the molecule is Clc1ccc(C2=C3C=CC(=N3)C(c3ccc(Cl)cc3)=c3ccc([nH]3)=C(c3ccc(Cl)cc3)c3ccc([nH]3)-c3c4ccc(Cl)cc4nc4cc2[nH]c34)cc1. The summed E-state index contributed by atoms with van der Waals surface area (Å²) >= 11 is 25.7. The molecule has 4 aromatic heterocycles. The number of rotatable bonds is 3. The molecule has 0 saturated heterocycles. The molecule has 0 unspecified atom stereocenters. The number of aliphatic imine (C=N–C) groups is 1. The summed E-state index contributed by atoms with van der Waals surface area (Å²) in [5.74, 6) is 0. The van der Waals surface area contributed by atoms with Crippen LogP contribution in [0.5, 0.6) is 0 Å². The molecule has 0 radical (unpaired) electrons. The van der Waals surface area contributed by atoms with Crippen LogP contribution in [0.25, 0.3) is 49.9 Å². The second-order valence-electron chi connectivity index (χ2n) is 13.0. The Morgan fingerprint density at radius 3 is 1.70 bits per heavy atom. The molecule has 0 aliphatic carbocycles. The molecule has 8 aromatic rings. The van der Waals surface area contributed by atoms with Crippen molar-refractivity contribution in [3.63, 3.8) is 0 Å². The van der Waals surface area contributed by atoms with Crippen LogP contribution in [0, 0.1) is 0 Å². The van der Waals surface area contributed by atoms with Crippen LogP contribution in [-0.4, -0.2) is 25.6 Å². The van der Waals surface area contributed by atoms with Crippen LogP contribution >= 0.6 is 46.4 Å². The number of pyridine rings is 1. The number of nitrogens with one attached hydrogen (secondary N) is 3. The van der Waals surface area contributed by atoms with Crippen molar-refractivity contribution < 1.29 is 0 Å². The van der Waals surface area contributed by atoms with Gasteiger partial charge in [-0.05, 0) is 108 Å². The molecule has 6 heterocycles. The highest BCUT2D eigenvalue weighted by molar-refractivity contribution is 6.33. The van der Waals surface area contributed by atoms with Crippen LogP contribution in [0.2, 0.25) is 20.1 Å². The lowest BCUT2D eigenvalue weighted by Crippen LogP contribution is -2.19. The van der Waals surface area contributed by atoms with Crippen LogP contribution in [0.1, 0.15) is 28.1 Å². The van der Waals surface area contributed by atoms with Crippen molar-refractivity contribution in [3.8, 4) is 11.3 Å². The molecule has 0 atom stereocenters. The highest BCUT2D eigenvalue weighted by atomic mass is 35.5. The van der Waals surface area contributed by atoms with E-state index in [0.717, 1.165) is 100 Å². The summed E-state index contributed by atoms with van der Waals surface area (Å²) in [6.07, 6.45) is 4.13. The summed E-state index contributed by atoms with van der Waals surface area (Å²) in [6.45, 7) is 0. The molecular weight excluding hydrogens is 740 g/mol. The topological polar surface area (TPSA) is 72.6 Å². The average molecular weight is 766 g/mol. The Balaban J connectivity index is 1.37. The number of fused-ring (bicyclic) bond motifs is 9. The van der Waals surface area contributed by atoms with Gasteiger partial charge in [-0.3, -0.25) is 0 Å². The lowest BCUT2D eigenvalue weighted by molar-refractivity contribution is 1.23. The Bertz CT molecular complexity index is 3010. The number of nitrogens with zero attached hydrogens (tertiary/aromatic N) is 2. The number of halogens is 4. The summed E-state index contributed by atoms with van der Waals surface area (Å²) in [5, 5.41) is 5.39. The van der Waals surface area contributed by atoms with Crippen molar-refractivity contribution in [3.05, 3.63) is 198 Å². The first-order valence-electron chi connectivity index (χ1n) is 16.9. The van der Waals surface area contributed by atoms with Gasteiger partial charge in [-0.1, -0.05) is 88.9 Å². The molecule has 9 heteroatoms.